The van der Waals surface area contributed by atoms with Gasteiger partial charge in [0.1, 0.15) is 0 Å². The molecular formula is CH3AsBr2. The molecule has 0 atom stereocenters. The fourth-order valence-electron chi connectivity index (χ4n) is 0. The van der Waals surface area contributed by atoms with Crippen LogP contribution in [0.1, 0.15) is 0 Å². The molecular weight excluding hydrogens is 247 g/mol. The average Bonchev–Trinajstić information content (AvgIpc) is 0.811. The molecule has 0 aliphatic heterocycles. The van der Waals surface area contributed by atoms with Crippen molar-refractivity contribution in [3.05, 3.63) is 0 Å². The van der Waals surface area contributed by atoms with Gasteiger partial charge in [0.15, 0.2) is 0 Å². The molecule has 0 rings (SSSR count). The Hall–Kier alpha value is 1.52. The van der Waals surface area contributed by atoms with Crippen molar-refractivity contribution in [2.24, 2.45) is 0 Å². The molecule has 0 unspecified atom stereocenters. The quantitative estimate of drug-likeness (QED) is 0.576. The Balaban J connectivity index is 2.32. The van der Waals surface area contributed by atoms with Gasteiger partial charge in [-0.1, -0.05) is 0 Å². The van der Waals surface area contributed by atoms with Crippen molar-refractivity contribution in [1.82, 2.24) is 0 Å². The summed E-state index contributed by atoms with van der Waals surface area (Å²) in [6.07, 6.45) is 0. The van der Waals surface area contributed by atoms with E-state index in [0.717, 1.165) is 0 Å². The summed E-state index contributed by atoms with van der Waals surface area (Å²) in [5.74, 6) is 0. The molecule has 0 N–H and O–H groups in total. The molecule has 0 aromatic rings. The first-order valence-corrected chi connectivity index (χ1v) is 11.5. The number of hydrogen-bond acceptors (Lipinski definition) is 0. The van der Waals surface area contributed by atoms with Crippen molar-refractivity contribution in [2.75, 3.05) is 0 Å². The SMILES string of the molecule is C[As](Br)Br. The zero-order valence-corrected chi connectivity index (χ0v) is 7.25. The van der Waals surface area contributed by atoms with Gasteiger partial charge in [-0.3, -0.25) is 0 Å². The monoisotopic (exact) mass is 248 g/mol. The Morgan fingerprint density at radius 3 is 1.50 bits per heavy atom. The van der Waals surface area contributed by atoms with Gasteiger partial charge < -0.3 is 0 Å². The molecule has 0 amide bonds. The minimum absolute atomic E-state index is 0.562. The molecule has 0 aliphatic rings. The molecule has 0 fully saturated rings. The van der Waals surface area contributed by atoms with E-state index in [2.05, 4.69) is 33.6 Å². The second kappa shape index (κ2) is 2.74. The summed E-state index contributed by atoms with van der Waals surface area (Å²) in [5, 5.41) is 0. The maximum absolute atomic E-state index is 3.33. The van der Waals surface area contributed by atoms with Gasteiger partial charge in [0.25, 0.3) is 0 Å². The van der Waals surface area contributed by atoms with Crippen LogP contribution >= 0.6 is 27.9 Å². The Kier molecular flexibility index (Phi) is 3.78. The van der Waals surface area contributed by atoms with E-state index in [1.807, 2.05) is 0 Å². The second-order valence-corrected chi connectivity index (χ2v) is 18.1. The summed E-state index contributed by atoms with van der Waals surface area (Å²) < 4.78 is 0. The third kappa shape index (κ3) is 9.68. The molecule has 0 aromatic carbocycles. The normalized spacial score (nSPS) is 9.00. The predicted molar refractivity (Wildman–Crippen MR) is 29.5 cm³/mol. The van der Waals surface area contributed by atoms with Crippen LogP contribution < -0.4 is 0 Å². The third-order valence-electron chi connectivity index (χ3n) is 0. The van der Waals surface area contributed by atoms with Crippen LogP contribution in [0.2, 0.25) is 5.71 Å². The standard InChI is InChI=1S/CH3AsBr2/c1-2(3)4/h1H3. The summed E-state index contributed by atoms with van der Waals surface area (Å²) in [7, 11) is -0.562. The molecule has 3 heteroatoms. The Morgan fingerprint density at radius 2 is 1.50 bits per heavy atom. The van der Waals surface area contributed by atoms with Gasteiger partial charge in [0.05, 0.1) is 0 Å². The molecule has 0 radical (unpaired) electrons. The van der Waals surface area contributed by atoms with Crippen LogP contribution in [0.4, 0.5) is 0 Å². The van der Waals surface area contributed by atoms with E-state index < -0.39 is 10.9 Å². The van der Waals surface area contributed by atoms with Crippen LogP contribution in [0.3, 0.4) is 0 Å². The van der Waals surface area contributed by atoms with Crippen LogP contribution in [0.25, 0.3) is 0 Å². The molecule has 26 valence electrons. The van der Waals surface area contributed by atoms with E-state index in [9.17, 15) is 0 Å². The molecule has 0 spiro atoms. The molecule has 0 aromatic heterocycles. The van der Waals surface area contributed by atoms with Gasteiger partial charge in [-0.2, -0.15) is 0 Å². The first kappa shape index (κ1) is 5.52. The van der Waals surface area contributed by atoms with E-state index in [1.54, 1.807) is 0 Å². The van der Waals surface area contributed by atoms with Gasteiger partial charge >= 0.3 is 44.5 Å². The maximum atomic E-state index is 3.33. The minimum atomic E-state index is -0.562. The van der Waals surface area contributed by atoms with Crippen LogP contribution in [-0.4, -0.2) is 10.9 Å². The second-order valence-electron chi connectivity index (χ2n) is 0.402. The van der Waals surface area contributed by atoms with Gasteiger partial charge in [-0.25, -0.2) is 0 Å². The average molecular weight is 250 g/mol. The summed E-state index contributed by atoms with van der Waals surface area (Å²) in [4.78, 5) is 0. The molecule has 0 heterocycles. The van der Waals surface area contributed by atoms with E-state index in [4.69, 9.17) is 0 Å². The van der Waals surface area contributed by atoms with Crippen molar-refractivity contribution in [2.45, 2.75) is 5.71 Å². The summed E-state index contributed by atoms with van der Waals surface area (Å²) in [6.45, 7) is 0. The predicted octanol–water partition coefficient (Wildman–Crippen LogP) is 1.89. The summed E-state index contributed by atoms with van der Waals surface area (Å²) >= 11 is 6.67. The molecule has 4 heavy (non-hydrogen) atoms. The number of rotatable bonds is 0. The molecule has 0 saturated heterocycles. The molecule has 0 saturated carbocycles. The van der Waals surface area contributed by atoms with Gasteiger partial charge in [-0.15, -0.1) is 0 Å². The fraction of sp³-hybridized carbons (Fsp3) is 1.00. The van der Waals surface area contributed by atoms with E-state index >= 15 is 0 Å². The van der Waals surface area contributed by atoms with Crippen LogP contribution in [0.5, 0.6) is 0 Å². The Labute approximate surface area is 44.4 Å². The van der Waals surface area contributed by atoms with E-state index in [1.165, 1.54) is 0 Å². The molecule has 0 aliphatic carbocycles. The van der Waals surface area contributed by atoms with Gasteiger partial charge in [0, 0.05) is 0 Å². The Bertz CT molecular complexity index is 10.8. The third-order valence-corrected chi connectivity index (χ3v) is 0. The van der Waals surface area contributed by atoms with Gasteiger partial charge in [0.2, 0.25) is 0 Å². The fourth-order valence-corrected chi connectivity index (χ4v) is 0. The zero-order valence-electron chi connectivity index (χ0n) is 2.20. The van der Waals surface area contributed by atoms with Gasteiger partial charge in [-0.05, 0) is 0 Å². The Morgan fingerprint density at radius 1 is 1.50 bits per heavy atom. The van der Waals surface area contributed by atoms with Crippen LogP contribution in [-0.2, 0) is 0 Å². The van der Waals surface area contributed by atoms with E-state index in [-0.39, 0.29) is 0 Å². The number of hydrogen-bond donors (Lipinski definition) is 0. The first-order chi connectivity index (χ1) is 1.73. The van der Waals surface area contributed by atoms with Crippen molar-refractivity contribution in [3.63, 3.8) is 0 Å². The topological polar surface area (TPSA) is 0 Å². The van der Waals surface area contributed by atoms with Crippen LogP contribution in [0.15, 0.2) is 0 Å². The van der Waals surface area contributed by atoms with Crippen molar-refractivity contribution >= 4 is 38.8 Å². The van der Waals surface area contributed by atoms with Crippen molar-refractivity contribution in [1.29, 1.82) is 0 Å². The van der Waals surface area contributed by atoms with Crippen molar-refractivity contribution in [3.8, 4) is 0 Å². The van der Waals surface area contributed by atoms with Crippen molar-refractivity contribution < 1.29 is 0 Å². The van der Waals surface area contributed by atoms with Crippen LogP contribution in [0, 0.1) is 0 Å². The summed E-state index contributed by atoms with van der Waals surface area (Å²) in [5.41, 5.74) is 2.15. The zero-order chi connectivity index (χ0) is 3.58. The molecule has 0 bridgehead atoms. The van der Waals surface area contributed by atoms with E-state index in [0.29, 0.717) is 0 Å². The first-order valence-electron chi connectivity index (χ1n) is 0.785. The summed E-state index contributed by atoms with van der Waals surface area (Å²) in [6, 6.07) is 0. The molecule has 0 nitrogen and oxygen atoms in total. The number of halogens is 2.